The van der Waals surface area contributed by atoms with Crippen molar-refractivity contribution in [2.75, 3.05) is 6.54 Å². The van der Waals surface area contributed by atoms with Gasteiger partial charge >= 0.3 is 0 Å². The van der Waals surface area contributed by atoms with E-state index < -0.39 is 6.10 Å². The summed E-state index contributed by atoms with van der Waals surface area (Å²) in [5.74, 6) is -0.446. The summed E-state index contributed by atoms with van der Waals surface area (Å²) in [6.45, 7) is 2.16. The van der Waals surface area contributed by atoms with Crippen LogP contribution in [0.15, 0.2) is 36.5 Å². The smallest absolute Gasteiger partial charge is 0.271 e. The first kappa shape index (κ1) is 13.8. The van der Waals surface area contributed by atoms with E-state index in [4.69, 9.17) is 0 Å². The molecule has 1 aliphatic rings. The third-order valence-corrected chi connectivity index (χ3v) is 3.96. The number of aromatic amines is 1. The first-order valence-electron chi connectivity index (χ1n) is 6.94. The van der Waals surface area contributed by atoms with Gasteiger partial charge in [-0.1, -0.05) is 12.1 Å². The maximum Gasteiger partial charge on any atom is 0.271 e. The van der Waals surface area contributed by atoms with Crippen molar-refractivity contribution in [2.24, 2.45) is 0 Å². The molecule has 1 saturated heterocycles. The van der Waals surface area contributed by atoms with Crippen LogP contribution < -0.4 is 0 Å². The molecule has 1 fully saturated rings. The van der Waals surface area contributed by atoms with Crippen molar-refractivity contribution in [2.45, 2.75) is 25.5 Å². The van der Waals surface area contributed by atoms with Crippen molar-refractivity contribution in [3.8, 4) is 0 Å². The summed E-state index contributed by atoms with van der Waals surface area (Å²) in [6, 6.07) is 7.70. The predicted octanol–water partition coefficient (Wildman–Crippen LogP) is 2.41. The van der Waals surface area contributed by atoms with E-state index in [2.05, 4.69) is 4.98 Å². The van der Waals surface area contributed by atoms with Crippen molar-refractivity contribution < 1.29 is 14.3 Å². The number of likely N-dealkylation sites (tertiary alicyclic amines) is 1. The number of aliphatic hydroxyl groups excluding tert-OH is 1. The molecule has 110 valence electrons. The Morgan fingerprint density at radius 1 is 1.33 bits per heavy atom. The number of β-amino-alcohol motifs (C(OH)–C–C–N with tert-alkyl or cyclic N) is 1. The molecule has 1 aromatic heterocycles. The highest BCUT2D eigenvalue weighted by molar-refractivity contribution is 5.94. The fraction of sp³-hybridized carbons (Fsp3) is 0.312. The number of aryl methyl sites for hydroxylation is 1. The molecule has 21 heavy (non-hydrogen) atoms. The number of hydrogen-bond donors (Lipinski definition) is 2. The van der Waals surface area contributed by atoms with Gasteiger partial charge in [0.25, 0.3) is 5.91 Å². The number of amides is 1. The fourth-order valence-electron chi connectivity index (χ4n) is 2.86. The van der Waals surface area contributed by atoms with Crippen LogP contribution in [-0.4, -0.2) is 33.5 Å². The summed E-state index contributed by atoms with van der Waals surface area (Å²) in [7, 11) is 0. The Balaban J connectivity index is 1.91. The molecule has 0 saturated carbocycles. The molecule has 1 aliphatic heterocycles. The van der Waals surface area contributed by atoms with E-state index in [1.165, 1.54) is 12.1 Å². The van der Waals surface area contributed by atoms with Crippen LogP contribution >= 0.6 is 0 Å². The van der Waals surface area contributed by atoms with Crippen LogP contribution in [0.25, 0.3) is 0 Å². The van der Waals surface area contributed by atoms with Gasteiger partial charge in [-0.2, -0.15) is 0 Å². The van der Waals surface area contributed by atoms with Crippen molar-refractivity contribution in [3.63, 3.8) is 0 Å². The van der Waals surface area contributed by atoms with Crippen LogP contribution in [0.2, 0.25) is 0 Å². The van der Waals surface area contributed by atoms with Gasteiger partial charge < -0.3 is 15.0 Å². The number of benzene rings is 1. The summed E-state index contributed by atoms with van der Waals surface area (Å²) in [5.41, 5.74) is 2.25. The van der Waals surface area contributed by atoms with E-state index in [1.54, 1.807) is 23.2 Å². The van der Waals surface area contributed by atoms with E-state index in [9.17, 15) is 14.3 Å². The molecule has 1 aromatic carbocycles. The van der Waals surface area contributed by atoms with E-state index >= 15 is 0 Å². The van der Waals surface area contributed by atoms with Gasteiger partial charge in [-0.15, -0.1) is 0 Å². The lowest BCUT2D eigenvalue weighted by molar-refractivity contribution is 0.0710. The van der Waals surface area contributed by atoms with Crippen LogP contribution in [0.5, 0.6) is 0 Å². The van der Waals surface area contributed by atoms with Crippen LogP contribution in [-0.2, 0) is 0 Å². The Morgan fingerprint density at radius 2 is 2.05 bits per heavy atom. The van der Waals surface area contributed by atoms with Gasteiger partial charge in [0.1, 0.15) is 11.5 Å². The highest BCUT2D eigenvalue weighted by Crippen LogP contribution is 2.33. The predicted molar refractivity (Wildman–Crippen MR) is 76.3 cm³/mol. The standard InChI is InChI=1S/C16H17FN2O2/c1-10-6-7-18-15(10)16(21)19-9-13(20)8-14(19)11-2-4-12(17)5-3-11/h2-7,13-14,18,20H,8-9H2,1H3/t13-,14+/m0/s1. The quantitative estimate of drug-likeness (QED) is 0.891. The van der Waals surface area contributed by atoms with Gasteiger partial charge in [-0.25, -0.2) is 4.39 Å². The van der Waals surface area contributed by atoms with E-state index in [1.807, 2.05) is 13.0 Å². The first-order valence-corrected chi connectivity index (χ1v) is 6.94. The summed E-state index contributed by atoms with van der Waals surface area (Å²) in [5, 5.41) is 9.92. The maximum atomic E-state index is 13.0. The molecule has 2 N–H and O–H groups in total. The lowest BCUT2D eigenvalue weighted by Gasteiger charge is -2.24. The van der Waals surface area contributed by atoms with E-state index in [0.29, 0.717) is 18.7 Å². The first-order chi connectivity index (χ1) is 10.1. The molecule has 0 bridgehead atoms. The summed E-state index contributed by atoms with van der Waals surface area (Å²) in [4.78, 5) is 17.2. The average molecular weight is 288 g/mol. The third-order valence-electron chi connectivity index (χ3n) is 3.96. The van der Waals surface area contributed by atoms with Gasteiger partial charge in [0.15, 0.2) is 0 Å². The third kappa shape index (κ3) is 2.56. The Morgan fingerprint density at radius 3 is 2.67 bits per heavy atom. The Kier molecular flexibility index (Phi) is 3.51. The topological polar surface area (TPSA) is 56.3 Å². The number of nitrogens with zero attached hydrogens (tertiary/aromatic N) is 1. The molecule has 3 rings (SSSR count). The van der Waals surface area contributed by atoms with Crippen molar-refractivity contribution in [1.29, 1.82) is 0 Å². The highest BCUT2D eigenvalue weighted by Gasteiger charge is 2.36. The maximum absolute atomic E-state index is 13.0. The average Bonchev–Trinajstić information content (AvgIpc) is 3.05. The lowest BCUT2D eigenvalue weighted by Crippen LogP contribution is -2.32. The van der Waals surface area contributed by atoms with E-state index in [-0.39, 0.29) is 17.8 Å². The summed E-state index contributed by atoms with van der Waals surface area (Å²) in [6.07, 6.45) is 1.64. The van der Waals surface area contributed by atoms with Gasteiger partial charge in [-0.3, -0.25) is 4.79 Å². The molecule has 0 aliphatic carbocycles. The molecule has 0 unspecified atom stereocenters. The number of carbonyl (C=O) groups excluding carboxylic acids is 1. The second-order valence-corrected chi connectivity index (χ2v) is 5.45. The van der Waals surface area contributed by atoms with Gasteiger partial charge in [0.2, 0.25) is 0 Å². The van der Waals surface area contributed by atoms with Gasteiger partial charge in [0.05, 0.1) is 12.1 Å². The molecule has 4 nitrogen and oxygen atoms in total. The summed E-state index contributed by atoms with van der Waals surface area (Å²) < 4.78 is 13.0. The Labute approximate surface area is 122 Å². The Hall–Kier alpha value is -2.14. The van der Waals surface area contributed by atoms with Gasteiger partial charge in [0, 0.05) is 12.7 Å². The van der Waals surface area contributed by atoms with Crippen LogP contribution in [0, 0.1) is 12.7 Å². The minimum absolute atomic E-state index is 0.136. The van der Waals surface area contributed by atoms with Gasteiger partial charge in [-0.05, 0) is 42.7 Å². The molecular weight excluding hydrogens is 271 g/mol. The molecule has 1 amide bonds. The van der Waals surface area contributed by atoms with Crippen LogP contribution in [0.1, 0.15) is 34.1 Å². The SMILES string of the molecule is Cc1cc[nH]c1C(=O)N1C[C@@H](O)C[C@@H]1c1ccc(F)cc1. The fourth-order valence-corrected chi connectivity index (χ4v) is 2.86. The molecule has 2 heterocycles. The zero-order valence-corrected chi connectivity index (χ0v) is 11.7. The monoisotopic (exact) mass is 288 g/mol. The second-order valence-electron chi connectivity index (χ2n) is 5.45. The minimum Gasteiger partial charge on any atom is -0.391 e. The second kappa shape index (κ2) is 5.33. The normalized spacial score (nSPS) is 21.8. The molecular formula is C16H17FN2O2. The number of nitrogens with one attached hydrogen (secondary N) is 1. The van der Waals surface area contributed by atoms with Crippen LogP contribution in [0.4, 0.5) is 4.39 Å². The van der Waals surface area contributed by atoms with Crippen molar-refractivity contribution >= 4 is 5.91 Å². The van der Waals surface area contributed by atoms with E-state index in [0.717, 1.165) is 11.1 Å². The number of carbonyl (C=O) groups is 1. The molecule has 5 heteroatoms. The van der Waals surface area contributed by atoms with Crippen LogP contribution in [0.3, 0.4) is 0 Å². The largest absolute Gasteiger partial charge is 0.391 e. The lowest BCUT2D eigenvalue weighted by atomic mass is 10.0. The minimum atomic E-state index is -0.556. The van der Waals surface area contributed by atoms with Crippen molar-refractivity contribution in [1.82, 2.24) is 9.88 Å². The highest BCUT2D eigenvalue weighted by atomic mass is 19.1. The molecule has 2 atom stereocenters. The number of aromatic nitrogens is 1. The van der Waals surface area contributed by atoms with Crippen molar-refractivity contribution in [3.05, 3.63) is 59.2 Å². The Bertz CT molecular complexity index is 651. The number of aliphatic hydroxyl groups is 1. The number of H-pyrrole nitrogens is 1. The summed E-state index contributed by atoms with van der Waals surface area (Å²) >= 11 is 0. The molecule has 0 spiro atoms. The zero-order valence-electron chi connectivity index (χ0n) is 11.7. The molecule has 0 radical (unpaired) electrons. The molecule has 2 aromatic rings. The zero-order chi connectivity index (χ0) is 15.0. The number of rotatable bonds is 2. The number of halogens is 1. The number of hydrogen-bond acceptors (Lipinski definition) is 2.